The summed E-state index contributed by atoms with van der Waals surface area (Å²) in [6.07, 6.45) is -3.37. The molecule has 8 heteroatoms. The van der Waals surface area contributed by atoms with Gasteiger partial charge in [0.15, 0.2) is 41.1 Å². The van der Waals surface area contributed by atoms with Crippen LogP contribution >= 0.6 is 31.9 Å². The summed E-state index contributed by atoms with van der Waals surface area (Å²) in [6, 6.07) is 13.2. The van der Waals surface area contributed by atoms with Crippen LogP contribution in [0.25, 0.3) is 0 Å². The molecule has 1 aliphatic heterocycles. The monoisotopic (exact) mass is 550 g/mol. The molecule has 2 aromatic rings. The summed E-state index contributed by atoms with van der Waals surface area (Å²) in [7, 11) is 0. The van der Waals surface area contributed by atoms with Crippen molar-refractivity contribution in [1.29, 1.82) is 0 Å². The highest BCUT2D eigenvalue weighted by Crippen LogP contribution is 2.31. The van der Waals surface area contributed by atoms with E-state index >= 15 is 0 Å². The molecule has 1 heterocycles. The first kappa shape index (κ1) is 23.7. The zero-order valence-electron chi connectivity index (χ0n) is 16.9. The maximum atomic E-state index is 12.8. The summed E-state index contributed by atoms with van der Waals surface area (Å²) in [6.45, 7) is 3.15. The highest BCUT2D eigenvalue weighted by molar-refractivity contribution is 9.10. The number of hydrogen-bond acceptors (Lipinski definition) is 6. The number of halogens is 2. The third kappa shape index (κ3) is 6.04. The van der Waals surface area contributed by atoms with Gasteiger partial charge in [0.25, 0.3) is 0 Å². The summed E-state index contributed by atoms with van der Waals surface area (Å²) in [4.78, 5) is 50.6. The average molecular weight is 552 g/mol. The van der Waals surface area contributed by atoms with Crippen molar-refractivity contribution in [2.24, 2.45) is 0 Å². The Bertz CT molecular complexity index is 930. The molecule has 1 aliphatic rings. The predicted molar refractivity (Wildman–Crippen MR) is 120 cm³/mol. The van der Waals surface area contributed by atoms with Gasteiger partial charge in [-0.15, -0.1) is 0 Å². The summed E-state index contributed by atoms with van der Waals surface area (Å²) in [5, 5.41) is 0. The third-order valence-corrected chi connectivity index (χ3v) is 5.79. The lowest BCUT2D eigenvalue weighted by molar-refractivity contribution is -0.157. The smallest absolute Gasteiger partial charge is 0.172 e. The van der Waals surface area contributed by atoms with Crippen molar-refractivity contribution in [3.05, 3.63) is 68.6 Å². The van der Waals surface area contributed by atoms with Crippen LogP contribution in [0.15, 0.2) is 57.5 Å². The molecule has 0 N–H and O–H groups in total. The fourth-order valence-corrected chi connectivity index (χ4v) is 3.75. The quantitative estimate of drug-likeness (QED) is 0.348. The summed E-state index contributed by atoms with van der Waals surface area (Å²) >= 11 is 6.59. The van der Waals surface area contributed by atoms with Crippen LogP contribution in [0.2, 0.25) is 0 Å². The molecule has 31 heavy (non-hydrogen) atoms. The minimum Gasteiger partial charge on any atom is -0.336 e. The van der Waals surface area contributed by atoms with Crippen molar-refractivity contribution in [3.63, 3.8) is 0 Å². The Balaban J connectivity index is 1.70. The van der Waals surface area contributed by atoms with Gasteiger partial charge in [-0.05, 0) is 38.1 Å². The van der Waals surface area contributed by atoms with Gasteiger partial charge in [0.2, 0.25) is 0 Å². The maximum absolute atomic E-state index is 12.8. The SMILES string of the molecule is CC1(C)O[C@@H](C(=O)CC(=O)c2ccc(Br)cc2)[C@H](C(=O)CC(=O)c2ccc(Br)cc2)O1. The van der Waals surface area contributed by atoms with Gasteiger partial charge in [-0.1, -0.05) is 56.1 Å². The van der Waals surface area contributed by atoms with E-state index in [-0.39, 0.29) is 11.6 Å². The molecule has 0 aliphatic carbocycles. The third-order valence-electron chi connectivity index (χ3n) is 4.73. The average Bonchev–Trinajstić information content (AvgIpc) is 3.04. The normalized spacial score (nSPS) is 19.7. The second-order valence-corrected chi connectivity index (χ2v) is 9.45. The summed E-state index contributed by atoms with van der Waals surface area (Å²) in [5.41, 5.74) is 0.756. The fourth-order valence-electron chi connectivity index (χ4n) is 3.23. The number of carbonyl (C=O) groups excluding carboxylic acids is 4. The Labute approximate surface area is 196 Å². The van der Waals surface area contributed by atoms with E-state index in [4.69, 9.17) is 9.47 Å². The number of rotatable bonds is 8. The Morgan fingerprint density at radius 1 is 0.710 bits per heavy atom. The molecule has 1 saturated heterocycles. The van der Waals surface area contributed by atoms with Gasteiger partial charge in [0, 0.05) is 20.1 Å². The van der Waals surface area contributed by atoms with Crippen LogP contribution in [0.1, 0.15) is 47.4 Å². The first-order valence-corrected chi connectivity index (χ1v) is 11.1. The number of benzene rings is 2. The molecule has 1 fully saturated rings. The molecule has 2 atom stereocenters. The lowest BCUT2D eigenvalue weighted by Crippen LogP contribution is -2.39. The first-order valence-electron chi connectivity index (χ1n) is 9.54. The van der Waals surface area contributed by atoms with Crippen LogP contribution < -0.4 is 0 Å². The van der Waals surface area contributed by atoms with Gasteiger partial charge >= 0.3 is 0 Å². The van der Waals surface area contributed by atoms with E-state index in [1.165, 1.54) is 0 Å². The highest BCUT2D eigenvalue weighted by Gasteiger charge is 2.48. The second-order valence-electron chi connectivity index (χ2n) is 7.62. The minimum absolute atomic E-state index is 0.378. The van der Waals surface area contributed by atoms with Crippen molar-refractivity contribution in [2.45, 2.75) is 44.7 Å². The van der Waals surface area contributed by atoms with Crippen LogP contribution in [-0.4, -0.2) is 41.1 Å². The Morgan fingerprint density at radius 2 is 1.03 bits per heavy atom. The number of carbonyl (C=O) groups is 4. The molecule has 0 bridgehead atoms. The topological polar surface area (TPSA) is 86.7 Å². The fraction of sp³-hybridized carbons (Fsp3) is 0.304. The van der Waals surface area contributed by atoms with Crippen LogP contribution in [0.5, 0.6) is 0 Å². The molecule has 0 amide bonds. The van der Waals surface area contributed by atoms with E-state index in [2.05, 4.69) is 31.9 Å². The molecule has 0 unspecified atom stereocenters. The van der Waals surface area contributed by atoms with Crippen molar-refractivity contribution in [1.82, 2.24) is 0 Å². The van der Waals surface area contributed by atoms with Gasteiger partial charge in [-0.2, -0.15) is 0 Å². The van der Waals surface area contributed by atoms with E-state index in [0.29, 0.717) is 11.1 Å². The summed E-state index contributed by atoms with van der Waals surface area (Å²) < 4.78 is 12.9. The number of ketones is 4. The number of ether oxygens (including phenoxy) is 2. The van der Waals surface area contributed by atoms with E-state index in [9.17, 15) is 19.2 Å². The first-order chi connectivity index (χ1) is 14.6. The van der Waals surface area contributed by atoms with Crippen molar-refractivity contribution in [2.75, 3.05) is 0 Å². The zero-order valence-corrected chi connectivity index (χ0v) is 20.1. The lowest BCUT2D eigenvalue weighted by atomic mass is 9.96. The van der Waals surface area contributed by atoms with Crippen molar-refractivity contribution < 1.29 is 28.7 Å². The predicted octanol–water partition coefficient (Wildman–Crippen LogP) is 4.72. The largest absolute Gasteiger partial charge is 0.336 e. The standard InChI is InChI=1S/C23H20Br2O6/c1-23(2)30-21(19(28)11-17(26)13-3-7-15(24)8-4-13)22(31-23)20(29)12-18(27)14-5-9-16(25)10-6-14/h3-10,21-22H,11-12H2,1-2H3/t21-,22-/m0/s1. The van der Waals surface area contributed by atoms with Crippen molar-refractivity contribution in [3.8, 4) is 0 Å². The molecule has 162 valence electrons. The molecule has 0 radical (unpaired) electrons. The van der Waals surface area contributed by atoms with Crippen LogP contribution in [0, 0.1) is 0 Å². The van der Waals surface area contributed by atoms with Gasteiger partial charge in [-0.25, -0.2) is 0 Å². The van der Waals surface area contributed by atoms with Crippen LogP contribution in [0.3, 0.4) is 0 Å². The number of hydrogen-bond donors (Lipinski definition) is 0. The van der Waals surface area contributed by atoms with Gasteiger partial charge in [0.05, 0.1) is 12.8 Å². The lowest BCUT2D eigenvalue weighted by Gasteiger charge is -2.16. The Kier molecular flexibility index (Phi) is 7.36. The van der Waals surface area contributed by atoms with Crippen LogP contribution in [-0.2, 0) is 19.1 Å². The van der Waals surface area contributed by atoms with Crippen molar-refractivity contribution >= 4 is 55.0 Å². The molecule has 0 saturated carbocycles. The van der Waals surface area contributed by atoms with E-state index in [0.717, 1.165) is 8.95 Å². The van der Waals surface area contributed by atoms with Gasteiger partial charge in [0.1, 0.15) is 0 Å². The van der Waals surface area contributed by atoms with Crippen LogP contribution in [0.4, 0.5) is 0 Å². The second kappa shape index (κ2) is 9.65. The van der Waals surface area contributed by atoms with E-state index < -0.39 is 42.4 Å². The molecular weight excluding hydrogens is 532 g/mol. The zero-order chi connectivity index (χ0) is 22.8. The molecule has 6 nitrogen and oxygen atoms in total. The molecular formula is C23H20Br2O6. The molecule has 0 aromatic heterocycles. The summed E-state index contributed by atoms with van der Waals surface area (Å²) in [5.74, 6) is -3.09. The Morgan fingerprint density at radius 3 is 1.35 bits per heavy atom. The van der Waals surface area contributed by atoms with Gasteiger partial charge in [-0.3, -0.25) is 19.2 Å². The molecule has 0 spiro atoms. The molecule has 3 rings (SSSR count). The minimum atomic E-state index is -1.25. The maximum Gasteiger partial charge on any atom is 0.172 e. The Hall–Kier alpha value is -2.00. The van der Waals surface area contributed by atoms with Gasteiger partial charge < -0.3 is 9.47 Å². The highest BCUT2D eigenvalue weighted by atomic mass is 79.9. The van der Waals surface area contributed by atoms with E-state index in [1.54, 1.807) is 62.4 Å². The number of Topliss-reactive ketones (excluding diaryl/α,β-unsaturated/α-hetero) is 4. The van der Waals surface area contributed by atoms with E-state index in [1.807, 2.05) is 0 Å². The molecule has 2 aromatic carbocycles.